The summed E-state index contributed by atoms with van der Waals surface area (Å²) in [6.45, 7) is 0. The lowest BCUT2D eigenvalue weighted by molar-refractivity contribution is 0.624. The zero-order valence-corrected chi connectivity index (χ0v) is 43.4. The molecule has 10 heteroatoms. The summed E-state index contributed by atoms with van der Waals surface area (Å²) in [6.07, 6.45) is 0. The third-order valence-electron chi connectivity index (χ3n) is 15.6. The third-order valence-corrected chi connectivity index (χ3v) is 15.6. The number of furan rings is 4. The molecule has 6 aromatic heterocycles. The first-order valence-electron chi connectivity index (χ1n) is 27.0. The van der Waals surface area contributed by atoms with Crippen LogP contribution in [0.15, 0.2) is 260 Å². The smallest absolute Gasteiger partial charge is 0.199 e. The molecule has 0 atom stereocenters. The summed E-state index contributed by atoms with van der Waals surface area (Å²) in [6, 6.07) is 82.1. The molecule has 0 radical (unpaired) electrons. The Morgan fingerprint density at radius 2 is 0.756 bits per heavy atom. The van der Waals surface area contributed by atoms with Crippen LogP contribution in [0.5, 0.6) is 0 Å². The number of aromatic nitrogens is 6. The van der Waals surface area contributed by atoms with Crippen molar-refractivity contribution in [1.29, 1.82) is 0 Å². The van der Waals surface area contributed by atoms with Crippen molar-refractivity contribution in [2.45, 2.75) is 0 Å². The third kappa shape index (κ3) is 7.57. The molecular formula is C72H40N6O4. The molecule has 82 heavy (non-hydrogen) atoms. The highest BCUT2D eigenvalue weighted by Crippen LogP contribution is 2.43. The molecule has 11 aromatic carbocycles. The monoisotopic (exact) mass is 1050 g/mol. The predicted octanol–water partition coefficient (Wildman–Crippen LogP) is 19.0. The van der Waals surface area contributed by atoms with E-state index in [4.69, 9.17) is 47.6 Å². The molecule has 0 amide bonds. The highest BCUT2D eigenvalue weighted by atomic mass is 16.3. The van der Waals surface area contributed by atoms with Gasteiger partial charge in [-0.05, 0) is 105 Å². The van der Waals surface area contributed by atoms with Crippen LogP contribution in [-0.2, 0) is 0 Å². The van der Waals surface area contributed by atoms with Gasteiger partial charge in [0.1, 0.15) is 33.5 Å². The van der Waals surface area contributed by atoms with Crippen LogP contribution in [0.3, 0.4) is 0 Å². The summed E-state index contributed by atoms with van der Waals surface area (Å²) in [7, 11) is 0. The molecule has 0 unspecified atom stereocenters. The average molecular weight is 1050 g/mol. The van der Waals surface area contributed by atoms with E-state index in [0.29, 0.717) is 57.6 Å². The normalized spacial score (nSPS) is 11.9. The molecule has 0 aliphatic rings. The molecule has 0 aliphatic heterocycles. The SMILES string of the molecule is c1ccc(-c2ccccc2-c2nc(-c3cc(-c4ccc5cc(-c6nc(-c7ccc8c(c7)oc7ccccc78)nc(-c7cccc8ccccc78)n6)oc5c4)c4oc5cc6ccccc6cc5c4c3)nc(-c3cc4ccccc4o3)n2)cc1. The largest absolute Gasteiger partial charge is 0.456 e. The number of hydrogen-bond donors (Lipinski definition) is 0. The fraction of sp³-hybridized carbons (Fsp3) is 0. The molecule has 10 nitrogen and oxygen atoms in total. The maximum Gasteiger partial charge on any atom is 0.199 e. The highest BCUT2D eigenvalue weighted by Gasteiger charge is 2.24. The Hall–Kier alpha value is -11.4. The summed E-state index contributed by atoms with van der Waals surface area (Å²) in [5, 5.41) is 10.0. The number of fused-ring (bicyclic) bond motifs is 10. The van der Waals surface area contributed by atoms with Gasteiger partial charge in [0.15, 0.2) is 46.5 Å². The number of benzene rings is 11. The Morgan fingerprint density at radius 3 is 1.56 bits per heavy atom. The van der Waals surface area contributed by atoms with Crippen LogP contribution < -0.4 is 0 Å². The minimum atomic E-state index is 0.392. The van der Waals surface area contributed by atoms with Crippen molar-refractivity contribution in [3.8, 4) is 91.0 Å². The molecule has 382 valence electrons. The van der Waals surface area contributed by atoms with Gasteiger partial charge < -0.3 is 17.7 Å². The van der Waals surface area contributed by atoms with Gasteiger partial charge in [0, 0.05) is 60.1 Å². The minimum absolute atomic E-state index is 0.392. The minimum Gasteiger partial charge on any atom is -0.456 e. The summed E-state index contributed by atoms with van der Waals surface area (Å²) in [4.78, 5) is 31.2. The summed E-state index contributed by atoms with van der Waals surface area (Å²) in [5.74, 6) is 3.81. The molecule has 0 saturated carbocycles. The Bertz CT molecular complexity index is 5400. The molecule has 17 aromatic rings. The zero-order chi connectivity index (χ0) is 53.8. The van der Waals surface area contributed by atoms with Crippen LogP contribution in [0.25, 0.3) is 178 Å². The van der Waals surface area contributed by atoms with E-state index in [1.807, 2.05) is 121 Å². The summed E-state index contributed by atoms with van der Waals surface area (Å²) < 4.78 is 26.7. The van der Waals surface area contributed by atoms with E-state index >= 15 is 0 Å². The highest BCUT2D eigenvalue weighted by molar-refractivity contribution is 6.15. The quantitative estimate of drug-likeness (QED) is 0.145. The van der Waals surface area contributed by atoms with Crippen LogP contribution >= 0.6 is 0 Å². The maximum absolute atomic E-state index is 6.96. The van der Waals surface area contributed by atoms with Gasteiger partial charge in [-0.3, -0.25) is 0 Å². The Labute approximate surface area is 466 Å². The van der Waals surface area contributed by atoms with E-state index in [-0.39, 0.29) is 0 Å². The number of hydrogen-bond acceptors (Lipinski definition) is 10. The first kappa shape index (κ1) is 45.6. The van der Waals surface area contributed by atoms with Gasteiger partial charge >= 0.3 is 0 Å². The molecular weight excluding hydrogens is 1010 g/mol. The molecule has 0 aliphatic carbocycles. The maximum atomic E-state index is 6.96. The van der Waals surface area contributed by atoms with Gasteiger partial charge in [-0.2, -0.15) is 0 Å². The van der Waals surface area contributed by atoms with Crippen molar-refractivity contribution in [2.75, 3.05) is 0 Å². The summed E-state index contributed by atoms with van der Waals surface area (Å²) >= 11 is 0. The molecule has 17 rings (SSSR count). The topological polar surface area (TPSA) is 130 Å². The zero-order valence-electron chi connectivity index (χ0n) is 43.4. The van der Waals surface area contributed by atoms with E-state index in [9.17, 15) is 0 Å². The number of nitrogens with zero attached hydrogens (tertiary/aromatic N) is 6. The van der Waals surface area contributed by atoms with E-state index in [1.54, 1.807) is 0 Å². The molecule has 6 heterocycles. The predicted molar refractivity (Wildman–Crippen MR) is 326 cm³/mol. The lowest BCUT2D eigenvalue weighted by atomic mass is 9.97. The fourth-order valence-corrected chi connectivity index (χ4v) is 11.6. The lowest BCUT2D eigenvalue weighted by Gasteiger charge is -2.12. The van der Waals surface area contributed by atoms with E-state index in [1.165, 1.54) is 0 Å². The number of para-hydroxylation sites is 2. The van der Waals surface area contributed by atoms with Crippen molar-refractivity contribution in [2.24, 2.45) is 0 Å². The Balaban J connectivity index is 0.852. The van der Waals surface area contributed by atoms with E-state index in [2.05, 4.69) is 121 Å². The van der Waals surface area contributed by atoms with Gasteiger partial charge in [-0.15, -0.1) is 0 Å². The molecule has 0 saturated heterocycles. The molecule has 0 N–H and O–H groups in total. The van der Waals surface area contributed by atoms with Crippen molar-refractivity contribution >= 4 is 87.4 Å². The van der Waals surface area contributed by atoms with Gasteiger partial charge in [0.25, 0.3) is 0 Å². The van der Waals surface area contributed by atoms with Crippen molar-refractivity contribution in [1.82, 2.24) is 29.9 Å². The first-order valence-corrected chi connectivity index (χ1v) is 27.0. The van der Waals surface area contributed by atoms with Crippen LogP contribution in [0.4, 0.5) is 0 Å². The van der Waals surface area contributed by atoms with Crippen LogP contribution in [-0.4, -0.2) is 29.9 Å². The average Bonchev–Trinajstić information content (AvgIpc) is 3.62. The van der Waals surface area contributed by atoms with Crippen LogP contribution in [0.2, 0.25) is 0 Å². The van der Waals surface area contributed by atoms with Gasteiger partial charge in [0.2, 0.25) is 0 Å². The molecule has 0 bridgehead atoms. The van der Waals surface area contributed by atoms with Gasteiger partial charge in [-0.1, -0.05) is 176 Å². The van der Waals surface area contributed by atoms with E-state index in [0.717, 1.165) is 121 Å². The molecule has 0 fully saturated rings. The van der Waals surface area contributed by atoms with Crippen molar-refractivity contribution in [3.05, 3.63) is 243 Å². The van der Waals surface area contributed by atoms with Gasteiger partial charge in [-0.25, -0.2) is 29.9 Å². The Morgan fingerprint density at radius 1 is 0.207 bits per heavy atom. The second-order valence-electron chi connectivity index (χ2n) is 20.6. The standard InChI is InChI=1S/C72H40N6O4/c1-2-15-41(16-3-1)50-23-9-10-25-54(50)69-74-68(76-71(77-69)64-38-46-20-7-12-27-59(46)79-64)49-34-56(66-58(35-49)57-33-43-18-4-5-19-44(43)36-63(57)82-66)45-29-30-47-39-65(81-61(47)37-45)72-75-67(48-31-32-53-52-24-11-13-28-60(52)80-62(53)40-48)73-70(78-72)55-26-14-21-42-17-6-8-22-51(42)55/h1-40H. The van der Waals surface area contributed by atoms with Crippen LogP contribution in [0, 0.1) is 0 Å². The second-order valence-corrected chi connectivity index (χ2v) is 20.6. The first-order chi connectivity index (χ1) is 40.5. The van der Waals surface area contributed by atoms with Crippen molar-refractivity contribution < 1.29 is 17.7 Å². The number of rotatable bonds is 8. The second kappa shape index (κ2) is 18.1. The van der Waals surface area contributed by atoms with E-state index < -0.39 is 0 Å². The molecule has 0 spiro atoms. The summed E-state index contributed by atoms with van der Waals surface area (Å²) in [5.41, 5.74) is 11.4. The van der Waals surface area contributed by atoms with Crippen molar-refractivity contribution in [3.63, 3.8) is 0 Å². The van der Waals surface area contributed by atoms with Gasteiger partial charge in [0.05, 0.1) is 0 Å². The van der Waals surface area contributed by atoms with Crippen LogP contribution in [0.1, 0.15) is 0 Å². The lowest BCUT2D eigenvalue weighted by Crippen LogP contribution is -2.01. The fourth-order valence-electron chi connectivity index (χ4n) is 11.6. The Kier molecular flexibility index (Phi) is 10.1.